The molecule has 0 saturated carbocycles. The maximum atomic E-state index is 12.2. The molecule has 1 N–H and O–H groups in total. The Hall–Kier alpha value is -2.03. The van der Waals surface area contributed by atoms with Crippen molar-refractivity contribution in [2.45, 2.75) is 27.2 Å². The highest BCUT2D eigenvalue weighted by atomic mass is 16.3. The summed E-state index contributed by atoms with van der Waals surface area (Å²) in [6.45, 7) is 5.74. The number of amides is 1. The molecule has 0 saturated heterocycles. The Morgan fingerprint density at radius 3 is 2.61 bits per heavy atom. The van der Waals surface area contributed by atoms with Crippen LogP contribution in [0.1, 0.15) is 34.2 Å². The maximum absolute atomic E-state index is 12.2. The molecule has 1 amide bonds. The van der Waals surface area contributed by atoms with Gasteiger partial charge in [0.05, 0.1) is 11.8 Å². The second kappa shape index (κ2) is 5.08. The molecule has 1 aromatic carbocycles. The van der Waals surface area contributed by atoms with Crippen molar-refractivity contribution in [1.82, 2.24) is 0 Å². The smallest absolute Gasteiger partial charge is 0.259 e. The van der Waals surface area contributed by atoms with E-state index in [1.807, 2.05) is 31.2 Å². The molecule has 2 rings (SSSR count). The lowest BCUT2D eigenvalue weighted by Crippen LogP contribution is -2.14. The van der Waals surface area contributed by atoms with E-state index in [1.54, 1.807) is 13.2 Å². The van der Waals surface area contributed by atoms with E-state index >= 15 is 0 Å². The Kier molecular flexibility index (Phi) is 3.51. The molecule has 0 spiro atoms. The summed E-state index contributed by atoms with van der Waals surface area (Å²) in [6.07, 6.45) is 2.50. The molecule has 94 valence electrons. The molecule has 0 radical (unpaired) electrons. The Labute approximate surface area is 107 Å². The average molecular weight is 243 g/mol. The van der Waals surface area contributed by atoms with Crippen molar-refractivity contribution in [3.05, 3.63) is 53.0 Å². The molecule has 1 aromatic heterocycles. The molecule has 18 heavy (non-hydrogen) atoms. The molecule has 0 aliphatic carbocycles. The first-order valence-corrected chi connectivity index (χ1v) is 6.07. The van der Waals surface area contributed by atoms with Gasteiger partial charge in [0.1, 0.15) is 5.76 Å². The number of carbonyl (C=O) groups excluding carboxylic acids is 1. The Morgan fingerprint density at radius 2 is 2.00 bits per heavy atom. The van der Waals surface area contributed by atoms with E-state index in [2.05, 4.69) is 12.2 Å². The highest BCUT2D eigenvalue weighted by molar-refractivity contribution is 6.06. The highest BCUT2D eigenvalue weighted by Gasteiger charge is 2.16. The monoisotopic (exact) mass is 243 g/mol. The molecule has 2 aromatic rings. The van der Waals surface area contributed by atoms with Gasteiger partial charge < -0.3 is 9.73 Å². The van der Waals surface area contributed by atoms with E-state index < -0.39 is 0 Å². The molecular weight excluding hydrogens is 226 g/mol. The predicted octanol–water partition coefficient (Wildman–Crippen LogP) is 3.71. The Morgan fingerprint density at radius 1 is 1.28 bits per heavy atom. The molecular formula is C15H17NO2. The van der Waals surface area contributed by atoms with Crippen LogP contribution in [0.25, 0.3) is 0 Å². The summed E-state index contributed by atoms with van der Waals surface area (Å²) in [5.74, 6) is 0.540. The molecule has 3 nitrogen and oxygen atoms in total. The van der Waals surface area contributed by atoms with E-state index in [-0.39, 0.29) is 5.91 Å². The minimum absolute atomic E-state index is 0.111. The number of carbonyl (C=O) groups is 1. The van der Waals surface area contributed by atoms with E-state index in [0.717, 1.165) is 23.2 Å². The summed E-state index contributed by atoms with van der Waals surface area (Å²) < 4.78 is 5.25. The zero-order valence-electron chi connectivity index (χ0n) is 10.9. The number of hydrogen-bond acceptors (Lipinski definition) is 2. The molecule has 0 unspecified atom stereocenters. The number of anilines is 1. The van der Waals surface area contributed by atoms with Gasteiger partial charge in [-0.2, -0.15) is 0 Å². The van der Waals surface area contributed by atoms with Crippen molar-refractivity contribution >= 4 is 11.6 Å². The van der Waals surface area contributed by atoms with Gasteiger partial charge in [-0.3, -0.25) is 4.79 Å². The third-order valence-corrected chi connectivity index (χ3v) is 3.03. The fourth-order valence-electron chi connectivity index (χ4n) is 2.05. The zero-order chi connectivity index (χ0) is 13.1. The molecule has 0 bridgehead atoms. The lowest BCUT2D eigenvalue weighted by atomic mass is 10.1. The van der Waals surface area contributed by atoms with Crippen molar-refractivity contribution in [2.24, 2.45) is 0 Å². The van der Waals surface area contributed by atoms with Gasteiger partial charge in [0, 0.05) is 11.3 Å². The first-order valence-electron chi connectivity index (χ1n) is 6.07. The van der Waals surface area contributed by atoms with Gasteiger partial charge >= 0.3 is 0 Å². The normalized spacial score (nSPS) is 10.4. The van der Waals surface area contributed by atoms with Crippen molar-refractivity contribution in [3.63, 3.8) is 0 Å². The van der Waals surface area contributed by atoms with Gasteiger partial charge in [0.15, 0.2) is 0 Å². The van der Waals surface area contributed by atoms with E-state index in [4.69, 9.17) is 4.42 Å². The minimum Gasteiger partial charge on any atom is -0.469 e. The second-order valence-electron chi connectivity index (χ2n) is 4.31. The largest absolute Gasteiger partial charge is 0.469 e. The van der Waals surface area contributed by atoms with Crippen LogP contribution in [0.2, 0.25) is 0 Å². The van der Waals surface area contributed by atoms with E-state index in [0.29, 0.717) is 11.3 Å². The first kappa shape index (κ1) is 12.4. The van der Waals surface area contributed by atoms with Crippen LogP contribution in [0.5, 0.6) is 0 Å². The van der Waals surface area contributed by atoms with Gasteiger partial charge in [0.25, 0.3) is 5.91 Å². The Balaban J connectivity index is 2.27. The third-order valence-electron chi connectivity index (χ3n) is 3.03. The quantitative estimate of drug-likeness (QED) is 0.892. The Bertz CT molecular complexity index is 550. The summed E-state index contributed by atoms with van der Waals surface area (Å²) in [7, 11) is 0. The molecule has 0 atom stereocenters. The molecule has 0 fully saturated rings. The van der Waals surface area contributed by atoms with Crippen molar-refractivity contribution < 1.29 is 9.21 Å². The summed E-state index contributed by atoms with van der Waals surface area (Å²) in [4.78, 5) is 12.2. The van der Waals surface area contributed by atoms with Crippen LogP contribution in [0.4, 0.5) is 5.69 Å². The third kappa shape index (κ3) is 2.30. The molecule has 0 aliphatic rings. The zero-order valence-corrected chi connectivity index (χ0v) is 10.9. The number of nitrogens with one attached hydrogen (secondary N) is 1. The maximum Gasteiger partial charge on any atom is 0.259 e. The number of benzene rings is 1. The topological polar surface area (TPSA) is 42.2 Å². The van der Waals surface area contributed by atoms with Crippen LogP contribution >= 0.6 is 0 Å². The van der Waals surface area contributed by atoms with Crippen molar-refractivity contribution in [3.8, 4) is 0 Å². The lowest BCUT2D eigenvalue weighted by Gasteiger charge is -2.09. The van der Waals surface area contributed by atoms with Gasteiger partial charge in [0.2, 0.25) is 0 Å². The van der Waals surface area contributed by atoms with Crippen LogP contribution in [0, 0.1) is 13.8 Å². The van der Waals surface area contributed by atoms with Crippen LogP contribution in [-0.2, 0) is 6.42 Å². The van der Waals surface area contributed by atoms with Gasteiger partial charge in [-0.15, -0.1) is 0 Å². The second-order valence-corrected chi connectivity index (χ2v) is 4.31. The van der Waals surface area contributed by atoms with Crippen molar-refractivity contribution in [2.75, 3.05) is 5.32 Å². The van der Waals surface area contributed by atoms with Crippen LogP contribution in [0.15, 0.2) is 34.9 Å². The fraction of sp³-hybridized carbons (Fsp3) is 0.267. The van der Waals surface area contributed by atoms with E-state index in [1.165, 1.54) is 0 Å². The summed E-state index contributed by atoms with van der Waals surface area (Å²) in [6, 6.07) is 7.83. The standard InChI is InChI=1S/C15H17NO2/c1-4-12-7-5-6-8-13(12)16-15(17)14-10(2)9-18-11(14)3/h5-9H,4H2,1-3H3,(H,16,17). The lowest BCUT2D eigenvalue weighted by molar-refractivity contribution is 0.102. The molecule has 0 aliphatic heterocycles. The molecule has 3 heteroatoms. The van der Waals surface area contributed by atoms with Gasteiger partial charge in [-0.05, 0) is 31.9 Å². The predicted molar refractivity (Wildman–Crippen MR) is 72.0 cm³/mol. The van der Waals surface area contributed by atoms with Crippen LogP contribution in [-0.4, -0.2) is 5.91 Å². The summed E-state index contributed by atoms with van der Waals surface area (Å²) in [5, 5.41) is 2.95. The fourth-order valence-corrected chi connectivity index (χ4v) is 2.05. The summed E-state index contributed by atoms with van der Waals surface area (Å²) in [5.41, 5.74) is 3.48. The minimum atomic E-state index is -0.111. The average Bonchev–Trinajstić information content (AvgIpc) is 2.69. The van der Waals surface area contributed by atoms with Gasteiger partial charge in [-0.25, -0.2) is 0 Å². The number of hydrogen-bond donors (Lipinski definition) is 1. The number of furan rings is 1. The first-order chi connectivity index (χ1) is 8.63. The number of aryl methyl sites for hydroxylation is 3. The van der Waals surface area contributed by atoms with Crippen LogP contribution < -0.4 is 5.32 Å². The number of rotatable bonds is 3. The van der Waals surface area contributed by atoms with Crippen molar-refractivity contribution in [1.29, 1.82) is 0 Å². The molecule has 1 heterocycles. The number of para-hydroxylation sites is 1. The SMILES string of the molecule is CCc1ccccc1NC(=O)c1c(C)coc1C. The van der Waals surface area contributed by atoms with Crippen LogP contribution in [0.3, 0.4) is 0 Å². The highest BCUT2D eigenvalue weighted by Crippen LogP contribution is 2.20. The summed E-state index contributed by atoms with van der Waals surface area (Å²) >= 11 is 0. The van der Waals surface area contributed by atoms with E-state index in [9.17, 15) is 4.79 Å². The van der Waals surface area contributed by atoms with Gasteiger partial charge in [-0.1, -0.05) is 25.1 Å².